The molecule has 0 saturated heterocycles. The monoisotopic (exact) mass is 412 g/mol. The minimum atomic E-state index is -0.277. The van der Waals surface area contributed by atoms with Crippen molar-refractivity contribution in [3.8, 4) is 5.88 Å². The summed E-state index contributed by atoms with van der Waals surface area (Å²) in [5.41, 5.74) is 6.53. The van der Waals surface area contributed by atoms with Crippen LogP contribution in [0.15, 0.2) is 24.5 Å². The lowest BCUT2D eigenvalue weighted by atomic mass is 9.92. The number of fused-ring (bicyclic) bond motifs is 3. The molecule has 0 unspecified atom stereocenters. The predicted molar refractivity (Wildman–Crippen MR) is 117 cm³/mol. The number of thiophene rings is 1. The van der Waals surface area contributed by atoms with E-state index in [4.69, 9.17) is 10.5 Å². The Morgan fingerprint density at radius 2 is 2.03 bits per heavy atom. The zero-order valence-corrected chi connectivity index (χ0v) is 18.0. The van der Waals surface area contributed by atoms with Gasteiger partial charge in [-0.1, -0.05) is 13.0 Å². The first-order valence-electron chi connectivity index (χ1n) is 10.2. The van der Waals surface area contributed by atoms with Gasteiger partial charge in [0.25, 0.3) is 0 Å². The van der Waals surface area contributed by atoms with Gasteiger partial charge in [-0.25, -0.2) is 9.97 Å². The molecular formula is C22H28N4O2S. The summed E-state index contributed by atoms with van der Waals surface area (Å²) in [5, 5.41) is 2.08. The van der Waals surface area contributed by atoms with Crippen LogP contribution in [0, 0.1) is 5.92 Å². The predicted octanol–water partition coefficient (Wildman–Crippen LogP) is 3.76. The fraction of sp³-hybridized carbons (Fsp3) is 0.500. The number of hydrogen-bond acceptors (Lipinski definition) is 6. The molecule has 1 aromatic carbocycles. The van der Waals surface area contributed by atoms with E-state index >= 15 is 0 Å². The van der Waals surface area contributed by atoms with Crippen molar-refractivity contribution in [1.82, 2.24) is 14.9 Å². The van der Waals surface area contributed by atoms with E-state index in [9.17, 15) is 4.79 Å². The number of rotatable bonds is 6. The summed E-state index contributed by atoms with van der Waals surface area (Å²) in [6.07, 6.45) is 6.78. The van der Waals surface area contributed by atoms with Crippen LogP contribution in [0.25, 0.3) is 20.3 Å². The van der Waals surface area contributed by atoms with Gasteiger partial charge in [-0.05, 0) is 63.9 Å². The Hall–Kier alpha value is -2.25. The van der Waals surface area contributed by atoms with Crippen molar-refractivity contribution in [1.29, 1.82) is 0 Å². The number of amides is 1. The van der Waals surface area contributed by atoms with Crippen LogP contribution in [0.2, 0.25) is 0 Å². The van der Waals surface area contributed by atoms with Crippen molar-refractivity contribution < 1.29 is 9.53 Å². The third kappa shape index (κ3) is 4.21. The number of benzene rings is 1. The second-order valence-corrected chi connectivity index (χ2v) is 9.34. The van der Waals surface area contributed by atoms with Gasteiger partial charge in [0.1, 0.15) is 17.3 Å². The van der Waals surface area contributed by atoms with Gasteiger partial charge in [0.15, 0.2) is 0 Å². The highest BCUT2D eigenvalue weighted by atomic mass is 32.1. The van der Waals surface area contributed by atoms with Gasteiger partial charge >= 0.3 is 0 Å². The maximum atomic E-state index is 11.5. The Morgan fingerprint density at radius 1 is 1.28 bits per heavy atom. The van der Waals surface area contributed by atoms with Gasteiger partial charge in [0.05, 0.1) is 5.39 Å². The van der Waals surface area contributed by atoms with Crippen LogP contribution in [0.5, 0.6) is 5.88 Å². The first-order chi connectivity index (χ1) is 13.9. The summed E-state index contributed by atoms with van der Waals surface area (Å²) in [4.78, 5) is 23.7. The van der Waals surface area contributed by atoms with Gasteiger partial charge < -0.3 is 15.4 Å². The highest BCUT2D eigenvalue weighted by molar-refractivity contribution is 7.25. The fourth-order valence-corrected chi connectivity index (χ4v) is 5.15. The molecule has 154 valence electrons. The molecule has 1 atom stereocenters. The third-order valence-electron chi connectivity index (χ3n) is 5.98. The van der Waals surface area contributed by atoms with E-state index in [-0.39, 0.29) is 17.9 Å². The number of nitrogens with two attached hydrogens (primary N) is 1. The van der Waals surface area contributed by atoms with Crippen LogP contribution < -0.4 is 10.5 Å². The molecule has 1 aliphatic carbocycles. The molecule has 7 heteroatoms. The third-order valence-corrected chi connectivity index (χ3v) is 7.06. The van der Waals surface area contributed by atoms with Crippen molar-refractivity contribution >= 4 is 37.5 Å². The molecule has 0 bridgehead atoms. The average molecular weight is 413 g/mol. The molecule has 1 saturated carbocycles. The molecule has 1 aliphatic rings. The van der Waals surface area contributed by atoms with Crippen LogP contribution >= 0.6 is 11.3 Å². The van der Waals surface area contributed by atoms with E-state index in [0.29, 0.717) is 18.3 Å². The van der Waals surface area contributed by atoms with E-state index < -0.39 is 0 Å². The highest BCUT2D eigenvalue weighted by Crippen LogP contribution is 2.38. The van der Waals surface area contributed by atoms with Crippen molar-refractivity contribution in [3.63, 3.8) is 0 Å². The van der Waals surface area contributed by atoms with Gasteiger partial charge in [-0.2, -0.15) is 0 Å². The molecular weight excluding hydrogens is 384 g/mol. The van der Waals surface area contributed by atoms with Crippen molar-refractivity contribution in [2.45, 2.75) is 51.2 Å². The largest absolute Gasteiger partial charge is 0.474 e. The summed E-state index contributed by atoms with van der Waals surface area (Å²) in [6.45, 7) is 1.86. The van der Waals surface area contributed by atoms with Crippen LogP contribution in [0.4, 0.5) is 0 Å². The molecule has 6 nitrogen and oxygen atoms in total. The molecule has 0 aliphatic heterocycles. The van der Waals surface area contributed by atoms with Crippen LogP contribution in [0.1, 0.15) is 38.2 Å². The SMILES string of the molecule is C[C@H](Cc1ccc2sc3ncnc(OC4CCC(N(C)C)CC4)c3c2c1)C(N)=O. The fourth-order valence-electron chi connectivity index (χ4n) is 4.14. The number of nitrogens with zero attached hydrogens (tertiary/aromatic N) is 3. The quantitative estimate of drug-likeness (QED) is 0.667. The van der Waals surface area contributed by atoms with Gasteiger partial charge in [-0.15, -0.1) is 11.3 Å². The minimum Gasteiger partial charge on any atom is -0.474 e. The number of ether oxygens (including phenoxy) is 1. The van der Waals surface area contributed by atoms with Crippen molar-refractivity contribution in [2.24, 2.45) is 11.7 Å². The number of primary amides is 1. The first kappa shape index (κ1) is 20.0. The first-order valence-corrected chi connectivity index (χ1v) is 11.0. The zero-order valence-electron chi connectivity index (χ0n) is 17.2. The lowest BCUT2D eigenvalue weighted by molar-refractivity contribution is -0.121. The Bertz CT molecular complexity index is 1020. The number of aromatic nitrogens is 2. The molecule has 1 amide bonds. The summed E-state index contributed by atoms with van der Waals surface area (Å²) in [6, 6.07) is 6.93. The Labute approximate surface area is 175 Å². The Morgan fingerprint density at radius 3 is 2.72 bits per heavy atom. The summed E-state index contributed by atoms with van der Waals surface area (Å²) in [5.74, 6) is 0.201. The number of hydrogen-bond donors (Lipinski definition) is 1. The van der Waals surface area contributed by atoms with Crippen LogP contribution in [-0.4, -0.2) is 47.0 Å². The van der Waals surface area contributed by atoms with E-state index in [1.54, 1.807) is 17.7 Å². The molecule has 2 N–H and O–H groups in total. The van der Waals surface area contributed by atoms with Gasteiger partial charge in [-0.3, -0.25) is 4.79 Å². The van der Waals surface area contributed by atoms with Crippen molar-refractivity contribution in [3.05, 3.63) is 30.1 Å². The summed E-state index contributed by atoms with van der Waals surface area (Å²) >= 11 is 1.65. The molecule has 3 aromatic rings. The zero-order chi connectivity index (χ0) is 20.5. The van der Waals surface area contributed by atoms with Gasteiger partial charge in [0.2, 0.25) is 11.8 Å². The second kappa shape index (κ2) is 8.24. The summed E-state index contributed by atoms with van der Waals surface area (Å²) in [7, 11) is 4.29. The molecule has 0 radical (unpaired) electrons. The topological polar surface area (TPSA) is 81.3 Å². The standard InChI is InChI=1S/C22H28N4O2S/c1-13(20(23)27)10-14-4-9-18-17(11-14)19-21(24-12-25-22(19)29-18)28-16-7-5-15(6-8-16)26(2)3/h4,9,11-13,15-16H,5-8,10H2,1-3H3,(H2,23,27)/t13-,15?,16?/m1/s1. The molecule has 4 rings (SSSR count). The number of carbonyl (C=O) groups is 1. The van der Waals surface area contributed by atoms with E-state index in [1.165, 1.54) is 0 Å². The second-order valence-electron chi connectivity index (χ2n) is 8.31. The van der Waals surface area contributed by atoms with E-state index in [0.717, 1.165) is 51.5 Å². The maximum absolute atomic E-state index is 11.5. The van der Waals surface area contributed by atoms with E-state index in [1.807, 2.05) is 6.92 Å². The summed E-state index contributed by atoms with van der Waals surface area (Å²) < 4.78 is 7.54. The Balaban J connectivity index is 1.63. The molecule has 0 spiro atoms. The van der Waals surface area contributed by atoms with Crippen LogP contribution in [-0.2, 0) is 11.2 Å². The lowest BCUT2D eigenvalue weighted by Crippen LogP contribution is -2.35. The smallest absolute Gasteiger partial charge is 0.226 e. The Kier molecular flexibility index (Phi) is 5.69. The molecule has 2 heterocycles. The van der Waals surface area contributed by atoms with E-state index in [2.05, 4.69) is 47.2 Å². The van der Waals surface area contributed by atoms with Crippen LogP contribution in [0.3, 0.4) is 0 Å². The minimum absolute atomic E-state index is 0.192. The highest BCUT2D eigenvalue weighted by Gasteiger charge is 2.25. The normalized spacial score (nSPS) is 21.0. The van der Waals surface area contributed by atoms with Crippen molar-refractivity contribution in [2.75, 3.05) is 14.1 Å². The molecule has 2 aromatic heterocycles. The number of carbonyl (C=O) groups excluding carboxylic acids is 1. The molecule has 1 fully saturated rings. The maximum Gasteiger partial charge on any atom is 0.226 e. The van der Waals surface area contributed by atoms with Gasteiger partial charge in [0, 0.05) is 22.0 Å². The average Bonchev–Trinajstić information content (AvgIpc) is 3.07. The lowest BCUT2D eigenvalue weighted by Gasteiger charge is -2.32. The molecule has 29 heavy (non-hydrogen) atoms.